The molecule has 2 saturated heterocycles. The van der Waals surface area contributed by atoms with Gasteiger partial charge in [-0.1, -0.05) is 20.8 Å². The van der Waals surface area contributed by atoms with E-state index in [1.54, 1.807) is 11.0 Å². The van der Waals surface area contributed by atoms with Crippen molar-refractivity contribution in [3.63, 3.8) is 0 Å². The molecule has 32 heavy (non-hydrogen) atoms. The van der Waals surface area contributed by atoms with Gasteiger partial charge >= 0.3 is 0 Å². The number of hydrogen-bond donors (Lipinski definition) is 1. The van der Waals surface area contributed by atoms with Gasteiger partial charge in [-0.2, -0.15) is 0 Å². The number of sulfonamides is 1. The van der Waals surface area contributed by atoms with E-state index in [1.165, 1.54) is 25.7 Å². The molecule has 1 aromatic carbocycles. The Balaban J connectivity index is 1.62. The van der Waals surface area contributed by atoms with Gasteiger partial charge in [-0.15, -0.1) is 0 Å². The number of ether oxygens (including phenoxy) is 1. The normalized spacial score (nSPS) is 23.3. The molecule has 1 aromatic rings. The number of carbonyl (C=O) groups is 1. The molecule has 180 valence electrons. The minimum atomic E-state index is -3.70. The first kappa shape index (κ1) is 25.0. The average Bonchev–Trinajstić information content (AvgIpc) is 2.75. The number of carbonyl (C=O) groups excluding carboxylic acids is 1. The lowest BCUT2D eigenvalue weighted by Crippen LogP contribution is -2.40. The number of rotatable bonds is 8. The highest BCUT2D eigenvalue weighted by atomic mass is 32.2. The largest absolute Gasteiger partial charge is 0.496 e. The van der Waals surface area contributed by atoms with Crippen molar-refractivity contribution in [1.82, 2.24) is 14.5 Å². The maximum atomic E-state index is 13.1. The van der Waals surface area contributed by atoms with Crippen molar-refractivity contribution in [1.29, 1.82) is 0 Å². The maximum absolute atomic E-state index is 13.1. The van der Waals surface area contributed by atoms with E-state index < -0.39 is 10.0 Å². The first-order chi connectivity index (χ1) is 15.2. The van der Waals surface area contributed by atoms with Crippen molar-refractivity contribution in [2.24, 2.45) is 17.8 Å². The average molecular weight is 466 g/mol. The third-order valence-corrected chi connectivity index (χ3v) is 8.13. The van der Waals surface area contributed by atoms with E-state index in [1.807, 2.05) is 0 Å². The first-order valence-corrected chi connectivity index (χ1v) is 13.4. The fourth-order valence-corrected chi connectivity index (χ4v) is 6.07. The molecule has 2 fully saturated rings. The molecule has 0 radical (unpaired) electrons. The van der Waals surface area contributed by atoms with Crippen LogP contribution in [-0.2, 0) is 10.0 Å². The summed E-state index contributed by atoms with van der Waals surface area (Å²) in [6.45, 7) is 11.5. The molecule has 2 heterocycles. The molecule has 2 atom stereocenters. The van der Waals surface area contributed by atoms with E-state index >= 15 is 0 Å². The summed E-state index contributed by atoms with van der Waals surface area (Å²) in [6, 6.07) is 4.53. The Bertz CT molecular complexity index is 871. The maximum Gasteiger partial charge on any atom is 0.257 e. The highest BCUT2D eigenvalue weighted by molar-refractivity contribution is 7.89. The van der Waals surface area contributed by atoms with Crippen LogP contribution >= 0.6 is 0 Å². The highest BCUT2D eigenvalue weighted by Gasteiger charge is 2.26. The predicted molar refractivity (Wildman–Crippen MR) is 126 cm³/mol. The van der Waals surface area contributed by atoms with E-state index in [2.05, 4.69) is 30.4 Å². The van der Waals surface area contributed by atoms with Gasteiger partial charge in [0, 0.05) is 32.7 Å². The second-order valence-electron chi connectivity index (χ2n) is 9.79. The number of methoxy groups -OCH3 is 1. The molecule has 0 unspecified atom stereocenters. The second kappa shape index (κ2) is 11.0. The lowest BCUT2D eigenvalue weighted by atomic mass is 9.92. The summed E-state index contributed by atoms with van der Waals surface area (Å²) in [5.74, 6) is 2.22. The molecule has 0 aromatic heterocycles. The van der Waals surface area contributed by atoms with Gasteiger partial charge in [0.1, 0.15) is 5.75 Å². The third kappa shape index (κ3) is 6.45. The molecule has 0 saturated carbocycles. The smallest absolute Gasteiger partial charge is 0.257 e. The van der Waals surface area contributed by atoms with Gasteiger partial charge < -0.3 is 14.5 Å². The van der Waals surface area contributed by atoms with Gasteiger partial charge in [0.05, 0.1) is 17.6 Å². The number of amides is 1. The van der Waals surface area contributed by atoms with Crippen molar-refractivity contribution in [3.8, 4) is 5.75 Å². The summed E-state index contributed by atoms with van der Waals surface area (Å²) in [7, 11) is -2.20. The Morgan fingerprint density at radius 1 is 1.09 bits per heavy atom. The van der Waals surface area contributed by atoms with Crippen LogP contribution in [0.4, 0.5) is 0 Å². The Kier molecular flexibility index (Phi) is 8.58. The van der Waals surface area contributed by atoms with Crippen LogP contribution in [0.5, 0.6) is 5.75 Å². The first-order valence-electron chi connectivity index (χ1n) is 11.9. The molecular weight excluding hydrogens is 426 g/mol. The zero-order valence-electron chi connectivity index (χ0n) is 20.0. The molecular formula is C24H39N3O4S. The van der Waals surface area contributed by atoms with Crippen LogP contribution < -0.4 is 9.46 Å². The molecule has 2 aliphatic heterocycles. The number of likely N-dealkylation sites (tertiary alicyclic amines) is 2. The van der Waals surface area contributed by atoms with Crippen LogP contribution in [0.15, 0.2) is 23.1 Å². The molecule has 1 amide bonds. The lowest BCUT2D eigenvalue weighted by molar-refractivity contribution is 0.0693. The molecule has 8 heteroatoms. The van der Waals surface area contributed by atoms with Crippen LogP contribution in [0.1, 0.15) is 56.8 Å². The highest BCUT2D eigenvalue weighted by Crippen LogP contribution is 2.26. The monoisotopic (exact) mass is 465 g/mol. The summed E-state index contributed by atoms with van der Waals surface area (Å²) in [6.07, 6.45) is 3.94. The minimum absolute atomic E-state index is 0.104. The summed E-state index contributed by atoms with van der Waals surface area (Å²) < 4.78 is 33.8. The van der Waals surface area contributed by atoms with Crippen molar-refractivity contribution >= 4 is 15.9 Å². The molecule has 7 nitrogen and oxygen atoms in total. The van der Waals surface area contributed by atoms with E-state index in [-0.39, 0.29) is 10.8 Å². The Morgan fingerprint density at radius 3 is 2.38 bits per heavy atom. The number of benzene rings is 1. The predicted octanol–water partition coefficient (Wildman–Crippen LogP) is 3.21. The quantitative estimate of drug-likeness (QED) is 0.597. The lowest BCUT2D eigenvalue weighted by Gasteiger charge is -2.34. The van der Waals surface area contributed by atoms with Crippen molar-refractivity contribution in [2.75, 3.05) is 46.4 Å². The fourth-order valence-electron chi connectivity index (χ4n) is 4.97. The molecule has 1 N–H and O–H groups in total. The molecule has 0 spiro atoms. The Hall–Kier alpha value is -1.64. The van der Waals surface area contributed by atoms with Crippen molar-refractivity contribution in [2.45, 2.75) is 51.3 Å². The van der Waals surface area contributed by atoms with Gasteiger partial charge in [-0.25, -0.2) is 13.1 Å². The summed E-state index contributed by atoms with van der Waals surface area (Å²) in [5, 5.41) is 0. The Morgan fingerprint density at radius 2 is 1.75 bits per heavy atom. The van der Waals surface area contributed by atoms with Gasteiger partial charge in [0.25, 0.3) is 5.91 Å². The van der Waals surface area contributed by atoms with Crippen LogP contribution in [0, 0.1) is 17.8 Å². The van der Waals surface area contributed by atoms with Crippen LogP contribution in [0.3, 0.4) is 0 Å². The van der Waals surface area contributed by atoms with E-state index in [0.29, 0.717) is 48.7 Å². The van der Waals surface area contributed by atoms with Crippen LogP contribution in [0.25, 0.3) is 0 Å². The molecule has 3 rings (SSSR count). The number of nitrogens with zero attached hydrogens (tertiary/aromatic N) is 2. The van der Waals surface area contributed by atoms with E-state index in [0.717, 1.165) is 38.9 Å². The number of nitrogens with one attached hydrogen (secondary N) is 1. The second-order valence-corrected chi connectivity index (χ2v) is 11.6. The minimum Gasteiger partial charge on any atom is -0.496 e. The standard InChI is InChI=1S/C24H39N3O4S/c1-18-8-12-27(13-9-18)24(28)22-15-21(6-7-23(22)31-4)32(29,30)25-10-5-11-26-16-19(2)14-20(3)17-26/h6-7,15,18-20,25H,5,8-14,16-17H2,1-4H3/t19-,20-/m0/s1. The molecule has 0 bridgehead atoms. The van der Waals surface area contributed by atoms with Gasteiger partial charge in [-0.05, 0) is 68.2 Å². The number of piperidine rings is 2. The van der Waals surface area contributed by atoms with E-state index in [4.69, 9.17) is 4.74 Å². The van der Waals surface area contributed by atoms with Gasteiger partial charge in [0.15, 0.2) is 0 Å². The summed E-state index contributed by atoms with van der Waals surface area (Å²) in [5.41, 5.74) is 0.307. The molecule has 2 aliphatic rings. The van der Waals surface area contributed by atoms with E-state index in [9.17, 15) is 13.2 Å². The molecule has 0 aliphatic carbocycles. The zero-order chi connectivity index (χ0) is 23.3. The number of hydrogen-bond acceptors (Lipinski definition) is 5. The SMILES string of the molecule is COc1ccc(S(=O)(=O)NCCCN2C[C@@H](C)C[C@H](C)C2)cc1C(=O)N1CCC(C)CC1. The van der Waals surface area contributed by atoms with Gasteiger partial charge in [-0.3, -0.25) is 4.79 Å². The third-order valence-electron chi connectivity index (χ3n) is 6.67. The van der Waals surface area contributed by atoms with Crippen LogP contribution in [-0.4, -0.2) is 70.5 Å². The van der Waals surface area contributed by atoms with Crippen LogP contribution in [0.2, 0.25) is 0 Å². The fraction of sp³-hybridized carbons (Fsp3) is 0.708. The Labute approximate surface area is 193 Å². The van der Waals surface area contributed by atoms with Crippen molar-refractivity contribution in [3.05, 3.63) is 23.8 Å². The van der Waals surface area contributed by atoms with Crippen molar-refractivity contribution < 1.29 is 17.9 Å². The zero-order valence-corrected chi connectivity index (χ0v) is 20.8. The summed E-state index contributed by atoms with van der Waals surface area (Å²) >= 11 is 0. The topological polar surface area (TPSA) is 79.0 Å². The summed E-state index contributed by atoms with van der Waals surface area (Å²) in [4.78, 5) is 17.4. The van der Waals surface area contributed by atoms with Gasteiger partial charge in [0.2, 0.25) is 10.0 Å².